The molecule has 1 aliphatic heterocycles. The van der Waals surface area contributed by atoms with Gasteiger partial charge in [0.2, 0.25) is 0 Å². The third-order valence-electron chi connectivity index (χ3n) is 4.88. The number of anilines is 1. The average Bonchev–Trinajstić information content (AvgIpc) is 2.94. The second-order valence-corrected chi connectivity index (χ2v) is 7.50. The molecule has 1 saturated heterocycles. The molecule has 0 spiro atoms. The Morgan fingerprint density at radius 2 is 2.20 bits per heavy atom. The predicted octanol–water partition coefficient (Wildman–Crippen LogP) is 2.11. The molecular weight excluding hydrogens is 386 g/mol. The Morgan fingerprint density at radius 1 is 1.40 bits per heavy atom. The van der Waals surface area contributed by atoms with Gasteiger partial charge in [-0.15, -0.1) is 0 Å². The molecular formula is C18H23BrN3O3+. The van der Waals surface area contributed by atoms with Crippen LogP contribution in [0.2, 0.25) is 0 Å². The Kier molecular flexibility index (Phi) is 5.44. The summed E-state index contributed by atoms with van der Waals surface area (Å²) >= 11 is 3.44. The van der Waals surface area contributed by atoms with Crippen molar-refractivity contribution in [2.45, 2.75) is 32.2 Å². The topological polar surface area (TPSA) is 75.6 Å². The number of piperidine rings is 1. The van der Waals surface area contributed by atoms with Gasteiger partial charge in [-0.25, -0.2) is 4.79 Å². The van der Waals surface area contributed by atoms with Crippen molar-refractivity contribution in [2.75, 3.05) is 25.5 Å². The number of carbonyl (C=O) groups is 2. The van der Waals surface area contributed by atoms with Crippen LogP contribution in [0, 0.1) is 0 Å². The molecule has 7 heteroatoms. The van der Waals surface area contributed by atoms with Gasteiger partial charge in [-0.3, -0.25) is 4.79 Å². The maximum absolute atomic E-state index is 12.6. The number of aromatic amines is 1. The van der Waals surface area contributed by atoms with Gasteiger partial charge in [0, 0.05) is 15.4 Å². The summed E-state index contributed by atoms with van der Waals surface area (Å²) in [6.45, 7) is 3.60. The second kappa shape index (κ2) is 7.58. The first-order valence-corrected chi connectivity index (χ1v) is 9.33. The third kappa shape index (κ3) is 3.88. The number of rotatable bonds is 4. The maximum atomic E-state index is 12.6. The van der Waals surface area contributed by atoms with Gasteiger partial charge in [0.1, 0.15) is 5.69 Å². The lowest BCUT2D eigenvalue weighted by Crippen LogP contribution is -3.17. The van der Waals surface area contributed by atoms with Gasteiger partial charge in [-0.2, -0.15) is 0 Å². The van der Waals surface area contributed by atoms with Crippen LogP contribution >= 0.6 is 15.9 Å². The van der Waals surface area contributed by atoms with E-state index in [1.54, 1.807) is 0 Å². The van der Waals surface area contributed by atoms with Crippen LogP contribution in [0.1, 0.15) is 36.7 Å². The Morgan fingerprint density at radius 3 is 2.92 bits per heavy atom. The van der Waals surface area contributed by atoms with Gasteiger partial charge in [0.25, 0.3) is 5.91 Å². The molecule has 25 heavy (non-hydrogen) atoms. The van der Waals surface area contributed by atoms with Crippen molar-refractivity contribution in [3.8, 4) is 0 Å². The molecule has 2 heterocycles. The van der Waals surface area contributed by atoms with Crippen LogP contribution in [-0.2, 0) is 9.53 Å². The van der Waals surface area contributed by atoms with Gasteiger partial charge in [0.05, 0.1) is 25.4 Å². The van der Waals surface area contributed by atoms with Crippen molar-refractivity contribution in [1.82, 2.24) is 4.98 Å². The molecule has 1 aromatic carbocycles. The largest absolute Gasteiger partial charge is 0.464 e. The van der Waals surface area contributed by atoms with E-state index in [9.17, 15) is 9.59 Å². The normalized spacial score (nSPS) is 20.4. The number of hydrogen-bond acceptors (Lipinski definition) is 3. The van der Waals surface area contributed by atoms with Crippen LogP contribution in [0.4, 0.5) is 5.69 Å². The zero-order chi connectivity index (χ0) is 18.0. The minimum atomic E-state index is -0.499. The zero-order valence-electron chi connectivity index (χ0n) is 14.4. The number of esters is 1. The minimum absolute atomic E-state index is 0.0882. The molecule has 0 radical (unpaired) electrons. The van der Waals surface area contributed by atoms with Gasteiger partial charge in [-0.1, -0.05) is 15.9 Å². The van der Waals surface area contributed by atoms with Crippen molar-refractivity contribution in [3.63, 3.8) is 0 Å². The number of aromatic nitrogens is 1. The molecule has 1 aliphatic rings. The van der Waals surface area contributed by atoms with Gasteiger partial charge in [0.15, 0.2) is 6.54 Å². The number of quaternary nitrogens is 1. The van der Waals surface area contributed by atoms with E-state index in [1.807, 2.05) is 18.2 Å². The molecule has 1 amide bonds. The standard InChI is InChI=1S/C18H22BrN3O3/c1-11-5-3-4-8-22(11)10-15(23)21-16-13-9-12(19)6-7-14(13)20-17(16)18(24)25-2/h6-7,9,11,20H,3-5,8,10H2,1-2H3,(H,21,23)/p+1/t11-/m1/s1. The lowest BCUT2D eigenvalue weighted by Gasteiger charge is -2.29. The summed E-state index contributed by atoms with van der Waals surface area (Å²) in [6.07, 6.45) is 3.53. The van der Waals surface area contributed by atoms with Crippen LogP contribution in [0.15, 0.2) is 22.7 Å². The fourth-order valence-corrected chi connectivity index (χ4v) is 3.82. The Hall–Kier alpha value is -1.86. The first kappa shape index (κ1) is 17.9. The van der Waals surface area contributed by atoms with Crippen molar-refractivity contribution in [1.29, 1.82) is 0 Å². The van der Waals surface area contributed by atoms with Gasteiger partial charge in [-0.05, 0) is 44.4 Å². The number of amides is 1. The van der Waals surface area contributed by atoms with E-state index in [0.29, 0.717) is 18.3 Å². The second-order valence-electron chi connectivity index (χ2n) is 6.59. The molecule has 134 valence electrons. The highest BCUT2D eigenvalue weighted by Crippen LogP contribution is 2.30. The molecule has 0 bridgehead atoms. The van der Waals surface area contributed by atoms with Crippen LogP contribution in [0.5, 0.6) is 0 Å². The number of likely N-dealkylation sites (tertiary alicyclic amines) is 1. The zero-order valence-corrected chi connectivity index (χ0v) is 16.0. The van der Waals surface area contributed by atoms with Crippen LogP contribution in [0.3, 0.4) is 0 Å². The SMILES string of the molecule is COC(=O)c1[nH]c2ccc(Br)cc2c1NC(=O)C[NH+]1CCCC[C@H]1C. The molecule has 1 aromatic heterocycles. The fourth-order valence-electron chi connectivity index (χ4n) is 3.45. The quantitative estimate of drug-likeness (QED) is 0.678. The summed E-state index contributed by atoms with van der Waals surface area (Å²) in [5, 5.41) is 3.71. The summed E-state index contributed by atoms with van der Waals surface area (Å²) in [6, 6.07) is 6.10. The van der Waals surface area contributed by atoms with Crippen molar-refractivity contribution < 1.29 is 19.2 Å². The molecule has 0 aliphatic carbocycles. The number of methoxy groups -OCH3 is 1. The van der Waals surface area contributed by atoms with Crippen molar-refractivity contribution >= 4 is 44.4 Å². The molecule has 2 atom stereocenters. The highest BCUT2D eigenvalue weighted by molar-refractivity contribution is 9.10. The van der Waals surface area contributed by atoms with E-state index < -0.39 is 5.97 Å². The van der Waals surface area contributed by atoms with E-state index >= 15 is 0 Å². The molecule has 6 nitrogen and oxygen atoms in total. The average molecular weight is 409 g/mol. The fraction of sp³-hybridized carbons (Fsp3) is 0.444. The van der Waals surface area contributed by atoms with E-state index in [0.717, 1.165) is 34.8 Å². The van der Waals surface area contributed by atoms with E-state index in [1.165, 1.54) is 18.4 Å². The monoisotopic (exact) mass is 408 g/mol. The van der Waals surface area contributed by atoms with E-state index in [-0.39, 0.29) is 11.6 Å². The molecule has 0 saturated carbocycles. The minimum Gasteiger partial charge on any atom is -0.464 e. The van der Waals surface area contributed by atoms with Crippen LogP contribution < -0.4 is 10.2 Å². The number of H-pyrrole nitrogens is 1. The molecule has 1 unspecified atom stereocenters. The summed E-state index contributed by atoms with van der Waals surface area (Å²) < 4.78 is 5.72. The Bertz CT molecular complexity index is 802. The maximum Gasteiger partial charge on any atom is 0.356 e. The number of nitrogens with one attached hydrogen (secondary N) is 3. The number of benzene rings is 1. The lowest BCUT2D eigenvalue weighted by atomic mass is 10.0. The lowest BCUT2D eigenvalue weighted by molar-refractivity contribution is -0.920. The summed E-state index contributed by atoms with van der Waals surface area (Å²) in [5.74, 6) is -0.587. The molecule has 3 N–H and O–H groups in total. The van der Waals surface area contributed by atoms with E-state index in [2.05, 4.69) is 33.2 Å². The Labute approximate surface area is 155 Å². The number of ether oxygens (including phenoxy) is 1. The number of halogens is 1. The number of carbonyl (C=O) groups excluding carboxylic acids is 2. The summed E-state index contributed by atoms with van der Waals surface area (Å²) in [4.78, 5) is 29.0. The van der Waals surface area contributed by atoms with Crippen LogP contribution in [-0.4, -0.2) is 43.1 Å². The summed E-state index contributed by atoms with van der Waals surface area (Å²) in [7, 11) is 1.33. The van der Waals surface area contributed by atoms with Crippen LogP contribution in [0.25, 0.3) is 10.9 Å². The smallest absolute Gasteiger partial charge is 0.356 e. The Balaban J connectivity index is 1.87. The van der Waals surface area contributed by atoms with Gasteiger partial charge >= 0.3 is 5.97 Å². The van der Waals surface area contributed by atoms with Gasteiger partial charge < -0.3 is 19.9 Å². The third-order valence-corrected chi connectivity index (χ3v) is 5.38. The van der Waals surface area contributed by atoms with E-state index in [4.69, 9.17) is 4.74 Å². The summed E-state index contributed by atoms with van der Waals surface area (Å²) in [5.41, 5.74) is 1.53. The first-order chi connectivity index (χ1) is 12.0. The highest BCUT2D eigenvalue weighted by Gasteiger charge is 2.26. The highest BCUT2D eigenvalue weighted by atomic mass is 79.9. The predicted molar refractivity (Wildman–Crippen MR) is 100.0 cm³/mol. The molecule has 1 fully saturated rings. The number of hydrogen-bond donors (Lipinski definition) is 3. The first-order valence-electron chi connectivity index (χ1n) is 8.53. The molecule has 3 rings (SSSR count). The van der Waals surface area contributed by atoms with Crippen molar-refractivity contribution in [3.05, 3.63) is 28.4 Å². The van der Waals surface area contributed by atoms with Crippen molar-refractivity contribution in [2.24, 2.45) is 0 Å². The molecule has 2 aromatic rings. The number of fused-ring (bicyclic) bond motifs is 1.